The number of para-hydroxylation sites is 1. The van der Waals surface area contributed by atoms with Crippen molar-refractivity contribution in [3.63, 3.8) is 0 Å². The summed E-state index contributed by atoms with van der Waals surface area (Å²) in [6.45, 7) is 0. The fraction of sp³-hybridized carbons (Fsp3) is 0.135. The van der Waals surface area contributed by atoms with Gasteiger partial charge in [0.15, 0.2) is 0 Å². The van der Waals surface area contributed by atoms with E-state index in [4.69, 9.17) is 0 Å². The van der Waals surface area contributed by atoms with Crippen LogP contribution in [0.1, 0.15) is 28.8 Å². The molecular weight excluding hydrogens is 680 g/mol. The quantitative estimate of drug-likeness (QED) is 0.114. The van der Waals surface area contributed by atoms with Crippen LogP contribution in [0.3, 0.4) is 0 Å². The third-order valence-corrected chi connectivity index (χ3v) is 9.61. The summed E-state index contributed by atoms with van der Waals surface area (Å²) in [5, 5.41) is 13.2. The number of anilines is 1. The molecule has 0 fully saturated rings. The van der Waals surface area contributed by atoms with Gasteiger partial charge in [0, 0.05) is 27.7 Å². The molecule has 0 aliphatic heterocycles. The maximum atomic E-state index is 15.4. The van der Waals surface area contributed by atoms with Crippen molar-refractivity contribution in [3.05, 3.63) is 152 Å². The van der Waals surface area contributed by atoms with Crippen LogP contribution in [0.5, 0.6) is 0 Å². The van der Waals surface area contributed by atoms with E-state index in [-0.39, 0.29) is 33.5 Å². The van der Waals surface area contributed by atoms with Crippen LogP contribution >= 0.6 is 11.3 Å². The fourth-order valence-electron chi connectivity index (χ4n) is 6.14. The number of thiophene rings is 1. The Bertz CT molecular complexity index is 2310. The Labute approximate surface area is 293 Å². The molecule has 2 unspecified atom stereocenters. The monoisotopic (exact) mass is 711 g/mol. The van der Waals surface area contributed by atoms with E-state index in [1.54, 1.807) is 84.9 Å². The van der Waals surface area contributed by atoms with E-state index in [0.29, 0.717) is 21.7 Å². The molecule has 6 aromatic rings. The van der Waals surface area contributed by atoms with Gasteiger partial charge in [0.05, 0.1) is 18.2 Å². The first-order chi connectivity index (χ1) is 24.6. The number of nitrogens with one attached hydrogen (secondary N) is 3. The van der Waals surface area contributed by atoms with Crippen molar-refractivity contribution in [3.8, 4) is 16.1 Å². The highest BCUT2D eigenvalue weighted by Crippen LogP contribution is 2.45. The van der Waals surface area contributed by atoms with E-state index in [9.17, 15) is 24.3 Å². The summed E-state index contributed by atoms with van der Waals surface area (Å²) >= 11 is 1.07. The first-order valence-electron chi connectivity index (χ1n) is 15.6. The molecule has 2 amide bonds. The van der Waals surface area contributed by atoms with Crippen molar-refractivity contribution in [2.24, 2.45) is 0 Å². The van der Waals surface area contributed by atoms with Crippen LogP contribution in [-0.4, -0.2) is 45.7 Å². The number of rotatable bonds is 11. The van der Waals surface area contributed by atoms with Crippen LogP contribution in [0, 0.1) is 11.6 Å². The molecule has 0 saturated heterocycles. The highest BCUT2D eigenvalue weighted by atomic mass is 32.1. The Morgan fingerprint density at radius 2 is 1.55 bits per heavy atom. The number of hydrogen-bond donors (Lipinski definition) is 4. The molecule has 0 aliphatic rings. The average molecular weight is 712 g/mol. The van der Waals surface area contributed by atoms with Gasteiger partial charge in [-0.05, 0) is 61.0 Å². The summed E-state index contributed by atoms with van der Waals surface area (Å²) in [6.07, 6.45) is -0.384. The maximum absolute atomic E-state index is 15.4. The summed E-state index contributed by atoms with van der Waals surface area (Å²) in [7, 11) is 2.81. The highest BCUT2D eigenvalue weighted by molar-refractivity contribution is 7.22. The number of carboxylic acids is 1. The van der Waals surface area contributed by atoms with E-state index in [1.807, 2.05) is 0 Å². The Morgan fingerprint density at radius 3 is 2.16 bits per heavy atom. The van der Waals surface area contributed by atoms with Crippen molar-refractivity contribution < 1.29 is 28.3 Å². The lowest BCUT2D eigenvalue weighted by Gasteiger charge is -2.34. The molecule has 0 radical (unpaired) electrons. The third kappa shape index (κ3) is 7.05. The second-order valence-corrected chi connectivity index (χ2v) is 12.6. The van der Waals surface area contributed by atoms with Crippen molar-refractivity contribution in [2.45, 2.75) is 18.5 Å². The fourth-order valence-corrected chi connectivity index (χ4v) is 7.38. The van der Waals surface area contributed by atoms with E-state index < -0.39 is 47.0 Å². The van der Waals surface area contributed by atoms with Gasteiger partial charge in [0.2, 0.25) is 0 Å². The van der Waals surface area contributed by atoms with E-state index >= 15 is 8.78 Å². The number of hydroxylamine groups is 1. The van der Waals surface area contributed by atoms with Gasteiger partial charge >= 0.3 is 17.7 Å². The van der Waals surface area contributed by atoms with Gasteiger partial charge in [-0.3, -0.25) is 24.3 Å². The summed E-state index contributed by atoms with van der Waals surface area (Å²) in [4.78, 5) is 62.6. The molecule has 11 nitrogen and oxygen atoms in total. The number of carbonyl (C=O) groups is 2. The number of urea groups is 1. The molecule has 51 heavy (non-hydrogen) atoms. The Balaban J connectivity index is 1.65. The van der Waals surface area contributed by atoms with Gasteiger partial charge in [0.1, 0.15) is 22.5 Å². The zero-order chi connectivity index (χ0) is 36.2. The summed E-state index contributed by atoms with van der Waals surface area (Å²) < 4.78 is 31.8. The number of H-pyrrole nitrogens is 1. The highest BCUT2D eigenvalue weighted by Gasteiger charge is 2.36. The average Bonchev–Trinajstić information content (AvgIpc) is 3.48. The van der Waals surface area contributed by atoms with Gasteiger partial charge < -0.3 is 10.4 Å². The third-order valence-electron chi connectivity index (χ3n) is 8.44. The molecule has 0 bridgehead atoms. The van der Waals surface area contributed by atoms with E-state index in [0.717, 1.165) is 28.0 Å². The summed E-state index contributed by atoms with van der Waals surface area (Å²) in [5.41, 5.74) is 2.29. The largest absolute Gasteiger partial charge is 0.480 e. The standard InChI is InChI=1S/C37H31F2N5O6S/c1-43(31(35(46)47)21-10-5-3-6-11-21)28(20-25-26(38)14-9-15-27(25)39)29-30-33(41-37(49)44(34(30)45)24-12-7-4-8-13-24)51-32(29)22-16-18-23(19-17-22)40-36(48)42-50-2/h3-19,28,31H,20H2,1-2H3,(H,41,49)(H,46,47)(H2,40,42,48). The molecule has 2 heterocycles. The Kier molecular flexibility index (Phi) is 10.2. The number of aromatic amines is 1. The van der Waals surface area contributed by atoms with Gasteiger partial charge in [-0.25, -0.2) is 28.4 Å². The minimum atomic E-state index is -1.32. The van der Waals surface area contributed by atoms with Crippen LogP contribution < -0.4 is 22.0 Å². The van der Waals surface area contributed by atoms with Crippen molar-refractivity contribution in [2.75, 3.05) is 19.5 Å². The second-order valence-electron chi connectivity index (χ2n) is 11.5. The molecule has 0 aliphatic carbocycles. The van der Waals surface area contributed by atoms with E-state index in [2.05, 4.69) is 20.6 Å². The number of amides is 2. The number of fused-ring (bicyclic) bond motifs is 1. The molecule has 4 N–H and O–H groups in total. The molecule has 14 heteroatoms. The topological polar surface area (TPSA) is 146 Å². The van der Waals surface area contributed by atoms with Gasteiger partial charge in [-0.1, -0.05) is 66.7 Å². The van der Waals surface area contributed by atoms with Crippen LogP contribution in [0.2, 0.25) is 0 Å². The van der Waals surface area contributed by atoms with Crippen molar-refractivity contribution in [1.29, 1.82) is 0 Å². The lowest BCUT2D eigenvalue weighted by atomic mass is 9.91. The molecule has 0 spiro atoms. The number of aromatic nitrogens is 2. The number of likely N-dealkylation sites (N-methyl/N-ethyl adjacent to an activating group) is 1. The number of nitrogens with zero attached hydrogens (tertiary/aromatic N) is 2. The lowest BCUT2D eigenvalue weighted by Crippen LogP contribution is -2.37. The molecule has 260 valence electrons. The zero-order valence-electron chi connectivity index (χ0n) is 27.2. The normalized spacial score (nSPS) is 12.5. The van der Waals surface area contributed by atoms with Crippen LogP contribution in [0.25, 0.3) is 26.3 Å². The first kappa shape index (κ1) is 34.9. The molecule has 0 saturated carbocycles. The van der Waals surface area contributed by atoms with Crippen LogP contribution in [-0.2, 0) is 16.1 Å². The zero-order valence-corrected chi connectivity index (χ0v) is 28.0. The van der Waals surface area contributed by atoms with E-state index in [1.165, 1.54) is 25.1 Å². The molecular formula is C37H31F2N5O6S. The number of aliphatic carboxylic acids is 1. The van der Waals surface area contributed by atoms with Crippen LogP contribution in [0.4, 0.5) is 19.3 Å². The predicted octanol–water partition coefficient (Wildman–Crippen LogP) is 6.41. The lowest BCUT2D eigenvalue weighted by molar-refractivity contribution is -0.144. The summed E-state index contributed by atoms with van der Waals surface area (Å²) in [5.74, 6) is -2.93. The molecule has 2 aromatic heterocycles. The second kappa shape index (κ2) is 14.9. The Morgan fingerprint density at radius 1 is 0.922 bits per heavy atom. The molecule has 2 atom stereocenters. The predicted molar refractivity (Wildman–Crippen MR) is 190 cm³/mol. The van der Waals surface area contributed by atoms with Crippen LogP contribution in [0.15, 0.2) is 113 Å². The maximum Gasteiger partial charge on any atom is 0.343 e. The number of benzene rings is 4. The van der Waals surface area contributed by atoms with Gasteiger partial charge in [-0.15, -0.1) is 11.3 Å². The number of hydrogen-bond acceptors (Lipinski definition) is 7. The van der Waals surface area contributed by atoms with Gasteiger partial charge in [0.25, 0.3) is 5.56 Å². The van der Waals surface area contributed by atoms with Crippen molar-refractivity contribution in [1.82, 2.24) is 19.9 Å². The minimum absolute atomic E-state index is 0.0472. The molecule has 4 aromatic carbocycles. The number of carboxylic acid groups (broad SMARTS) is 1. The van der Waals surface area contributed by atoms with Crippen molar-refractivity contribution >= 4 is 39.2 Å². The minimum Gasteiger partial charge on any atom is -0.480 e. The summed E-state index contributed by atoms with van der Waals surface area (Å²) in [6, 6.07) is 23.5. The number of halogens is 2. The first-order valence-corrected chi connectivity index (χ1v) is 16.4. The SMILES string of the molecule is CONC(=O)Nc1ccc(-c2sc3[nH]c(=O)n(-c4ccccc4)c(=O)c3c2C(Cc2c(F)cccc2F)N(C)C(C(=O)O)c2ccccc2)cc1. The smallest absolute Gasteiger partial charge is 0.343 e. The number of carbonyl (C=O) groups excluding carboxylic acids is 1. The van der Waals surface area contributed by atoms with Gasteiger partial charge in [-0.2, -0.15) is 0 Å². The Hall–Kier alpha value is -5.96. The molecule has 6 rings (SSSR count).